The molecule has 3 heteroatoms. The molecule has 1 aromatic carbocycles. The third kappa shape index (κ3) is 3.84. The third-order valence-corrected chi connectivity index (χ3v) is 3.10. The smallest absolute Gasteiger partial charge is 0.0664 e. The van der Waals surface area contributed by atoms with E-state index in [0.717, 1.165) is 23.4 Å². The van der Waals surface area contributed by atoms with Gasteiger partial charge in [-0.05, 0) is 38.5 Å². The van der Waals surface area contributed by atoms with Crippen LogP contribution in [-0.2, 0) is 4.74 Å². The number of halogens is 1. The highest BCUT2D eigenvalue weighted by atomic mass is 79.9. The molecular weight excluding hydrogens is 254 g/mol. The Kier molecular flexibility index (Phi) is 5.12. The molecule has 2 nitrogen and oxygen atoms in total. The van der Waals surface area contributed by atoms with Crippen LogP contribution in [0.25, 0.3) is 0 Å². The Balaban J connectivity index is 2.60. The van der Waals surface area contributed by atoms with Gasteiger partial charge in [0.15, 0.2) is 0 Å². The van der Waals surface area contributed by atoms with Gasteiger partial charge in [-0.15, -0.1) is 0 Å². The van der Waals surface area contributed by atoms with Gasteiger partial charge in [0.25, 0.3) is 0 Å². The van der Waals surface area contributed by atoms with Crippen LogP contribution < -0.4 is 5.32 Å². The number of benzene rings is 1. The Labute approximate surface area is 100 Å². The van der Waals surface area contributed by atoms with E-state index >= 15 is 0 Å². The average Bonchev–Trinajstić information content (AvgIpc) is 2.22. The maximum atomic E-state index is 5.36. The van der Waals surface area contributed by atoms with Gasteiger partial charge in [-0.1, -0.05) is 22.0 Å². The SMILES string of the molecule is CCOCC(C)Nc1cccc(Br)c1C. The summed E-state index contributed by atoms with van der Waals surface area (Å²) in [5.41, 5.74) is 2.40. The fraction of sp³-hybridized carbons (Fsp3) is 0.500. The van der Waals surface area contributed by atoms with Gasteiger partial charge in [0, 0.05) is 22.8 Å². The molecule has 1 unspecified atom stereocenters. The minimum Gasteiger partial charge on any atom is -0.380 e. The Morgan fingerprint density at radius 3 is 2.87 bits per heavy atom. The lowest BCUT2D eigenvalue weighted by atomic mass is 10.2. The minimum absolute atomic E-state index is 0.331. The summed E-state index contributed by atoms with van der Waals surface area (Å²) in [6, 6.07) is 6.50. The van der Waals surface area contributed by atoms with Crippen LogP contribution in [0.15, 0.2) is 22.7 Å². The molecule has 15 heavy (non-hydrogen) atoms. The topological polar surface area (TPSA) is 21.3 Å². The zero-order chi connectivity index (χ0) is 11.3. The van der Waals surface area contributed by atoms with Gasteiger partial charge >= 0.3 is 0 Å². The first-order valence-electron chi connectivity index (χ1n) is 5.24. The van der Waals surface area contributed by atoms with Crippen molar-refractivity contribution in [2.24, 2.45) is 0 Å². The molecular formula is C12H18BrNO. The molecule has 1 atom stereocenters. The minimum atomic E-state index is 0.331. The van der Waals surface area contributed by atoms with Gasteiger partial charge in [0.2, 0.25) is 0 Å². The average molecular weight is 272 g/mol. The zero-order valence-corrected chi connectivity index (χ0v) is 11.1. The first kappa shape index (κ1) is 12.5. The van der Waals surface area contributed by atoms with Gasteiger partial charge in [-0.2, -0.15) is 0 Å². The molecule has 0 heterocycles. The number of hydrogen-bond acceptors (Lipinski definition) is 2. The number of hydrogen-bond donors (Lipinski definition) is 1. The molecule has 0 amide bonds. The lowest BCUT2D eigenvalue weighted by Crippen LogP contribution is -2.22. The van der Waals surface area contributed by atoms with Gasteiger partial charge in [-0.3, -0.25) is 0 Å². The number of rotatable bonds is 5. The van der Waals surface area contributed by atoms with Crippen LogP contribution in [0.4, 0.5) is 5.69 Å². The van der Waals surface area contributed by atoms with Gasteiger partial charge in [0.1, 0.15) is 0 Å². The van der Waals surface area contributed by atoms with Crippen LogP contribution in [-0.4, -0.2) is 19.3 Å². The highest BCUT2D eigenvalue weighted by Crippen LogP contribution is 2.23. The summed E-state index contributed by atoms with van der Waals surface area (Å²) in [6.45, 7) is 7.73. The first-order valence-corrected chi connectivity index (χ1v) is 6.03. The molecule has 0 spiro atoms. The fourth-order valence-corrected chi connectivity index (χ4v) is 1.73. The second-order valence-corrected chi connectivity index (χ2v) is 4.47. The molecule has 0 fully saturated rings. The molecule has 0 saturated carbocycles. The van der Waals surface area contributed by atoms with E-state index in [-0.39, 0.29) is 0 Å². The van der Waals surface area contributed by atoms with Crippen molar-refractivity contribution in [1.29, 1.82) is 0 Å². The maximum Gasteiger partial charge on any atom is 0.0664 e. The molecule has 0 aliphatic heterocycles. The van der Waals surface area contributed by atoms with Gasteiger partial charge in [-0.25, -0.2) is 0 Å². The second kappa shape index (κ2) is 6.13. The Hall–Kier alpha value is -0.540. The normalized spacial score (nSPS) is 12.5. The summed E-state index contributed by atoms with van der Waals surface area (Å²) >= 11 is 3.52. The summed E-state index contributed by atoms with van der Waals surface area (Å²) < 4.78 is 6.50. The van der Waals surface area contributed by atoms with Crippen molar-refractivity contribution in [1.82, 2.24) is 0 Å². The van der Waals surface area contributed by atoms with Crippen LogP contribution >= 0.6 is 15.9 Å². The van der Waals surface area contributed by atoms with E-state index in [1.165, 1.54) is 5.56 Å². The van der Waals surface area contributed by atoms with E-state index in [9.17, 15) is 0 Å². The molecule has 0 radical (unpaired) electrons. The Morgan fingerprint density at radius 2 is 2.20 bits per heavy atom. The molecule has 0 aromatic heterocycles. The van der Waals surface area contributed by atoms with E-state index < -0.39 is 0 Å². The van der Waals surface area contributed by atoms with E-state index in [0.29, 0.717) is 6.04 Å². The standard InChI is InChI=1S/C12H18BrNO/c1-4-15-8-9(2)14-12-7-5-6-11(13)10(12)3/h5-7,9,14H,4,8H2,1-3H3. The summed E-state index contributed by atoms with van der Waals surface area (Å²) in [4.78, 5) is 0. The number of ether oxygens (including phenoxy) is 1. The van der Waals surface area contributed by atoms with Crippen molar-refractivity contribution < 1.29 is 4.74 Å². The lowest BCUT2D eigenvalue weighted by Gasteiger charge is -2.17. The van der Waals surface area contributed by atoms with Gasteiger partial charge in [0.05, 0.1) is 6.61 Å². The molecule has 0 saturated heterocycles. The van der Waals surface area contributed by atoms with E-state index in [1.54, 1.807) is 0 Å². The number of nitrogens with one attached hydrogen (secondary N) is 1. The van der Waals surface area contributed by atoms with Crippen molar-refractivity contribution >= 4 is 21.6 Å². The molecule has 1 aromatic rings. The summed E-state index contributed by atoms with van der Waals surface area (Å²) in [5, 5.41) is 3.43. The van der Waals surface area contributed by atoms with Crippen LogP contribution in [0.5, 0.6) is 0 Å². The van der Waals surface area contributed by atoms with Crippen molar-refractivity contribution in [2.45, 2.75) is 26.8 Å². The molecule has 84 valence electrons. The Bertz CT molecular complexity index is 314. The predicted molar refractivity (Wildman–Crippen MR) is 68.5 cm³/mol. The molecule has 0 aliphatic rings. The van der Waals surface area contributed by atoms with Crippen LogP contribution in [0.3, 0.4) is 0 Å². The highest BCUT2D eigenvalue weighted by Gasteiger charge is 2.05. The highest BCUT2D eigenvalue weighted by molar-refractivity contribution is 9.10. The van der Waals surface area contributed by atoms with E-state index in [1.807, 2.05) is 19.1 Å². The van der Waals surface area contributed by atoms with Crippen molar-refractivity contribution in [3.63, 3.8) is 0 Å². The van der Waals surface area contributed by atoms with E-state index in [2.05, 4.69) is 41.2 Å². The third-order valence-electron chi connectivity index (χ3n) is 2.24. The van der Waals surface area contributed by atoms with Gasteiger partial charge < -0.3 is 10.1 Å². The Morgan fingerprint density at radius 1 is 1.47 bits per heavy atom. The van der Waals surface area contributed by atoms with E-state index in [4.69, 9.17) is 4.74 Å². The summed E-state index contributed by atoms with van der Waals surface area (Å²) in [6.07, 6.45) is 0. The second-order valence-electron chi connectivity index (χ2n) is 3.62. The first-order chi connectivity index (χ1) is 7.15. The summed E-state index contributed by atoms with van der Waals surface area (Å²) in [5.74, 6) is 0. The largest absolute Gasteiger partial charge is 0.380 e. The molecule has 1 rings (SSSR count). The zero-order valence-electron chi connectivity index (χ0n) is 9.51. The maximum absolute atomic E-state index is 5.36. The molecule has 0 bridgehead atoms. The summed E-state index contributed by atoms with van der Waals surface area (Å²) in [7, 11) is 0. The van der Waals surface area contributed by atoms with Crippen LogP contribution in [0, 0.1) is 6.92 Å². The quantitative estimate of drug-likeness (QED) is 0.884. The predicted octanol–water partition coefficient (Wildman–Crippen LogP) is 3.59. The number of anilines is 1. The van der Waals surface area contributed by atoms with Crippen molar-refractivity contribution in [2.75, 3.05) is 18.5 Å². The molecule has 0 aliphatic carbocycles. The van der Waals surface area contributed by atoms with Crippen LogP contribution in [0.2, 0.25) is 0 Å². The molecule has 1 N–H and O–H groups in total. The monoisotopic (exact) mass is 271 g/mol. The lowest BCUT2D eigenvalue weighted by molar-refractivity contribution is 0.141. The van der Waals surface area contributed by atoms with Crippen LogP contribution in [0.1, 0.15) is 19.4 Å². The van der Waals surface area contributed by atoms with Crippen molar-refractivity contribution in [3.8, 4) is 0 Å². The van der Waals surface area contributed by atoms with Crippen molar-refractivity contribution in [3.05, 3.63) is 28.2 Å². The fourth-order valence-electron chi connectivity index (χ4n) is 1.37.